The van der Waals surface area contributed by atoms with Crippen LogP contribution in [0.15, 0.2) is 66.0 Å². The minimum Gasteiger partial charge on any atom is -0.386 e. The van der Waals surface area contributed by atoms with E-state index < -0.39 is 6.10 Å². The summed E-state index contributed by atoms with van der Waals surface area (Å²) < 4.78 is 3.52. The predicted octanol–water partition coefficient (Wildman–Crippen LogP) is 4.21. The summed E-state index contributed by atoms with van der Waals surface area (Å²) in [6.07, 6.45) is 0.936. The van der Waals surface area contributed by atoms with Crippen molar-refractivity contribution in [2.75, 3.05) is 11.5 Å². The van der Waals surface area contributed by atoms with Crippen molar-refractivity contribution in [3.8, 4) is 17.1 Å². The third-order valence-corrected chi connectivity index (χ3v) is 5.71. The van der Waals surface area contributed by atoms with Gasteiger partial charge < -0.3 is 10.8 Å². The maximum absolute atomic E-state index is 10.5. The zero-order chi connectivity index (χ0) is 21.1. The second kappa shape index (κ2) is 8.91. The molecule has 2 heterocycles. The lowest BCUT2D eigenvalue weighted by Gasteiger charge is -2.13. The standard InChI is InChI=1S/C21H21ClN6OS/c1-2-30-21-26-25-20(28(21)16-10-8-15(22)9-11-16)17-12-24-27(19(17)23)13-18(29)14-6-4-3-5-7-14/h3-12,18,29H,2,13,23H2,1H3. The zero-order valence-corrected chi connectivity index (χ0v) is 17.9. The van der Waals surface area contributed by atoms with Crippen LogP contribution in [-0.4, -0.2) is 35.4 Å². The first-order chi connectivity index (χ1) is 14.6. The molecule has 4 aromatic rings. The van der Waals surface area contributed by atoms with Crippen LogP contribution in [0.4, 0.5) is 5.82 Å². The predicted molar refractivity (Wildman–Crippen MR) is 120 cm³/mol. The Labute approximate surface area is 183 Å². The van der Waals surface area contributed by atoms with Gasteiger partial charge in [-0.25, -0.2) is 4.68 Å². The fourth-order valence-corrected chi connectivity index (χ4v) is 3.95. The molecule has 0 aliphatic heterocycles. The molecule has 1 unspecified atom stereocenters. The SMILES string of the molecule is CCSc1nnc(-c2cnn(CC(O)c3ccccc3)c2N)n1-c1ccc(Cl)cc1. The number of halogens is 1. The van der Waals surface area contributed by atoms with Gasteiger partial charge >= 0.3 is 0 Å². The molecule has 4 rings (SSSR count). The number of rotatable bonds is 7. The Kier molecular flexibility index (Phi) is 6.08. The van der Waals surface area contributed by atoms with Gasteiger partial charge in [-0.15, -0.1) is 10.2 Å². The fraction of sp³-hybridized carbons (Fsp3) is 0.190. The molecule has 3 N–H and O–H groups in total. The molecular weight excluding hydrogens is 420 g/mol. The van der Waals surface area contributed by atoms with Crippen molar-refractivity contribution in [3.63, 3.8) is 0 Å². The lowest BCUT2D eigenvalue weighted by molar-refractivity contribution is 0.152. The van der Waals surface area contributed by atoms with E-state index in [1.165, 1.54) is 0 Å². The molecule has 0 aliphatic carbocycles. The molecule has 1 atom stereocenters. The summed E-state index contributed by atoms with van der Waals surface area (Å²) in [4.78, 5) is 0. The molecule has 7 nitrogen and oxygen atoms in total. The molecule has 0 fully saturated rings. The number of aliphatic hydroxyl groups excluding tert-OH is 1. The van der Waals surface area contributed by atoms with Crippen molar-refractivity contribution >= 4 is 29.2 Å². The van der Waals surface area contributed by atoms with Gasteiger partial charge in [0.05, 0.1) is 24.4 Å². The second-order valence-corrected chi connectivity index (χ2v) is 8.27. The maximum atomic E-state index is 10.5. The van der Waals surface area contributed by atoms with Crippen molar-refractivity contribution in [1.29, 1.82) is 0 Å². The van der Waals surface area contributed by atoms with Crippen LogP contribution >= 0.6 is 23.4 Å². The normalized spacial score (nSPS) is 12.2. The summed E-state index contributed by atoms with van der Waals surface area (Å²) in [6, 6.07) is 16.9. The number of nitrogen functional groups attached to an aromatic ring is 1. The van der Waals surface area contributed by atoms with Crippen molar-refractivity contribution in [2.24, 2.45) is 0 Å². The van der Waals surface area contributed by atoms with Crippen LogP contribution in [0, 0.1) is 0 Å². The van der Waals surface area contributed by atoms with Crippen molar-refractivity contribution in [2.45, 2.75) is 24.7 Å². The monoisotopic (exact) mass is 440 g/mol. The first kappa shape index (κ1) is 20.5. The topological polar surface area (TPSA) is 94.8 Å². The molecule has 0 spiro atoms. The van der Waals surface area contributed by atoms with E-state index in [1.54, 1.807) is 22.6 Å². The molecular formula is C21H21ClN6OS. The molecule has 2 aromatic carbocycles. The van der Waals surface area contributed by atoms with Crippen LogP contribution in [0.25, 0.3) is 17.1 Å². The van der Waals surface area contributed by atoms with Crippen LogP contribution in [0.5, 0.6) is 0 Å². The average molecular weight is 441 g/mol. The molecule has 0 radical (unpaired) electrons. The smallest absolute Gasteiger partial charge is 0.196 e. The summed E-state index contributed by atoms with van der Waals surface area (Å²) in [5.74, 6) is 1.86. The summed E-state index contributed by atoms with van der Waals surface area (Å²) in [5, 5.41) is 25.1. The van der Waals surface area contributed by atoms with Crippen molar-refractivity contribution in [1.82, 2.24) is 24.5 Å². The highest BCUT2D eigenvalue weighted by Crippen LogP contribution is 2.32. The van der Waals surface area contributed by atoms with Crippen LogP contribution < -0.4 is 5.73 Å². The van der Waals surface area contributed by atoms with Crippen LogP contribution in [0.3, 0.4) is 0 Å². The molecule has 0 amide bonds. The summed E-state index contributed by atoms with van der Waals surface area (Å²) >= 11 is 7.64. The molecule has 0 saturated heterocycles. The Balaban J connectivity index is 1.70. The number of anilines is 1. The Bertz CT molecular complexity index is 1130. The number of benzene rings is 2. The first-order valence-corrected chi connectivity index (χ1v) is 10.8. The number of aromatic nitrogens is 5. The van der Waals surface area contributed by atoms with E-state index in [4.69, 9.17) is 17.3 Å². The van der Waals surface area contributed by atoms with E-state index >= 15 is 0 Å². The van der Waals surface area contributed by atoms with Gasteiger partial charge in [-0.05, 0) is 35.6 Å². The number of thioether (sulfide) groups is 1. The number of nitrogens with zero attached hydrogens (tertiary/aromatic N) is 5. The van der Waals surface area contributed by atoms with Gasteiger partial charge in [-0.1, -0.05) is 60.6 Å². The Morgan fingerprint density at radius 1 is 1.10 bits per heavy atom. The largest absolute Gasteiger partial charge is 0.386 e. The molecule has 30 heavy (non-hydrogen) atoms. The maximum Gasteiger partial charge on any atom is 0.196 e. The van der Waals surface area contributed by atoms with E-state index in [2.05, 4.69) is 22.2 Å². The summed E-state index contributed by atoms with van der Waals surface area (Å²) in [5.41, 5.74) is 8.74. The fourth-order valence-electron chi connectivity index (χ4n) is 3.15. The highest BCUT2D eigenvalue weighted by molar-refractivity contribution is 7.99. The van der Waals surface area contributed by atoms with E-state index in [0.717, 1.165) is 22.2 Å². The minimum atomic E-state index is -0.721. The van der Waals surface area contributed by atoms with Gasteiger partial charge in [0.15, 0.2) is 11.0 Å². The van der Waals surface area contributed by atoms with Crippen LogP contribution in [0.2, 0.25) is 5.02 Å². The Morgan fingerprint density at radius 2 is 1.83 bits per heavy atom. The number of hydrogen-bond donors (Lipinski definition) is 2. The first-order valence-electron chi connectivity index (χ1n) is 9.47. The van der Waals surface area contributed by atoms with Gasteiger partial charge in [-0.2, -0.15) is 5.10 Å². The Morgan fingerprint density at radius 3 is 2.53 bits per heavy atom. The quantitative estimate of drug-likeness (QED) is 0.418. The zero-order valence-electron chi connectivity index (χ0n) is 16.3. The molecule has 0 bridgehead atoms. The highest BCUT2D eigenvalue weighted by atomic mass is 35.5. The van der Waals surface area contributed by atoms with Crippen LogP contribution in [0.1, 0.15) is 18.6 Å². The van der Waals surface area contributed by atoms with Crippen molar-refractivity contribution in [3.05, 3.63) is 71.4 Å². The summed E-state index contributed by atoms with van der Waals surface area (Å²) in [6.45, 7) is 2.30. The second-order valence-electron chi connectivity index (χ2n) is 6.60. The molecule has 9 heteroatoms. The third-order valence-electron chi connectivity index (χ3n) is 4.64. The van der Waals surface area contributed by atoms with E-state index in [1.807, 2.05) is 59.2 Å². The van der Waals surface area contributed by atoms with Crippen LogP contribution in [-0.2, 0) is 6.54 Å². The average Bonchev–Trinajstić information content (AvgIpc) is 3.33. The van der Waals surface area contributed by atoms with Gasteiger partial charge in [0.25, 0.3) is 0 Å². The van der Waals surface area contributed by atoms with Crippen molar-refractivity contribution < 1.29 is 5.11 Å². The number of nitrogens with two attached hydrogens (primary N) is 1. The lowest BCUT2D eigenvalue weighted by Crippen LogP contribution is -2.12. The molecule has 0 aliphatic rings. The molecule has 154 valence electrons. The number of hydrogen-bond acceptors (Lipinski definition) is 6. The van der Waals surface area contributed by atoms with E-state index in [0.29, 0.717) is 22.2 Å². The van der Waals surface area contributed by atoms with Gasteiger partial charge in [-0.3, -0.25) is 4.57 Å². The number of aliphatic hydroxyl groups is 1. The summed E-state index contributed by atoms with van der Waals surface area (Å²) in [7, 11) is 0. The minimum absolute atomic E-state index is 0.238. The van der Waals surface area contributed by atoms with Gasteiger partial charge in [0.1, 0.15) is 5.82 Å². The Hall–Kier alpha value is -2.81. The van der Waals surface area contributed by atoms with E-state index in [9.17, 15) is 5.11 Å². The van der Waals surface area contributed by atoms with E-state index in [-0.39, 0.29) is 6.54 Å². The van der Waals surface area contributed by atoms with Gasteiger partial charge in [0, 0.05) is 10.7 Å². The highest BCUT2D eigenvalue weighted by Gasteiger charge is 2.21. The molecule has 2 aromatic heterocycles. The lowest BCUT2D eigenvalue weighted by atomic mass is 10.1. The third kappa shape index (κ3) is 4.07. The molecule has 0 saturated carbocycles. The van der Waals surface area contributed by atoms with Gasteiger partial charge in [0.2, 0.25) is 0 Å².